The van der Waals surface area contributed by atoms with Crippen LogP contribution in [0.4, 0.5) is 4.79 Å². The fraction of sp³-hybridized carbons (Fsp3) is 0.762. The van der Waals surface area contributed by atoms with Gasteiger partial charge in [0.05, 0.1) is 9.61 Å². The Balaban J connectivity index is 2.26. The first-order valence-electron chi connectivity index (χ1n) is 10.4. The summed E-state index contributed by atoms with van der Waals surface area (Å²) < 4.78 is 11.8. The Bertz CT molecular complexity index is 736. The van der Waals surface area contributed by atoms with Crippen molar-refractivity contribution in [3.8, 4) is 0 Å². The van der Waals surface area contributed by atoms with Gasteiger partial charge in [-0.2, -0.15) is 0 Å². The zero-order valence-corrected chi connectivity index (χ0v) is 20.5. The number of carbonyl (C=O) groups is 2. The number of aliphatic hydroxyl groups excluding tert-OH is 1. The number of nitrogens with zero attached hydrogens (tertiary/aromatic N) is 2. The minimum atomic E-state index is -1.17. The average Bonchev–Trinajstić information content (AvgIpc) is 2.92. The first kappa shape index (κ1) is 24.9. The number of carboxylic acids is 1. The van der Waals surface area contributed by atoms with E-state index >= 15 is 0 Å². The molecule has 0 aliphatic heterocycles. The minimum absolute atomic E-state index is 0.134. The normalized spacial score (nSPS) is 20.0. The summed E-state index contributed by atoms with van der Waals surface area (Å²) in [7, 11) is 0. The Morgan fingerprint density at radius 2 is 1.97 bits per heavy atom. The summed E-state index contributed by atoms with van der Waals surface area (Å²) in [6, 6.07) is -0.753. The topological polar surface area (TPSA) is 113 Å². The Hall–Kier alpha value is -1.36. The van der Waals surface area contributed by atoms with Crippen LogP contribution in [0, 0.1) is 15.4 Å². The van der Waals surface area contributed by atoms with Crippen molar-refractivity contribution in [3.63, 3.8) is 0 Å². The van der Waals surface area contributed by atoms with Crippen LogP contribution in [-0.2, 0) is 9.53 Å². The van der Waals surface area contributed by atoms with Gasteiger partial charge in [0, 0.05) is 12.5 Å². The second-order valence-corrected chi connectivity index (χ2v) is 10.5. The highest BCUT2D eigenvalue weighted by Gasteiger charge is 2.39. The second-order valence-electron chi connectivity index (χ2n) is 9.44. The molecule has 8 nitrogen and oxygen atoms in total. The lowest BCUT2D eigenvalue weighted by molar-refractivity contribution is -0.139. The van der Waals surface area contributed by atoms with Gasteiger partial charge in [0.2, 0.25) is 0 Å². The maximum absolute atomic E-state index is 12.7. The monoisotopic (exact) mass is 536 g/mol. The molecule has 1 aromatic heterocycles. The number of aromatic nitrogens is 1. The molecule has 0 radical (unpaired) electrons. The number of hydrogen-bond acceptors (Lipinski definition) is 6. The van der Waals surface area contributed by atoms with Crippen molar-refractivity contribution in [2.24, 2.45) is 11.8 Å². The van der Waals surface area contributed by atoms with Crippen LogP contribution in [0.5, 0.6) is 0 Å². The van der Waals surface area contributed by atoms with Crippen LogP contribution in [0.25, 0.3) is 0 Å². The lowest BCUT2D eigenvalue weighted by Gasteiger charge is -2.35. The van der Waals surface area contributed by atoms with Crippen LogP contribution >= 0.6 is 22.6 Å². The predicted molar refractivity (Wildman–Crippen MR) is 119 cm³/mol. The van der Waals surface area contributed by atoms with Gasteiger partial charge in [-0.1, -0.05) is 19.0 Å². The first-order chi connectivity index (χ1) is 13.9. The average molecular weight is 536 g/mol. The molecule has 2 N–H and O–H groups in total. The Morgan fingerprint density at radius 1 is 1.33 bits per heavy atom. The van der Waals surface area contributed by atoms with Crippen LogP contribution in [0.15, 0.2) is 4.52 Å². The Kier molecular flexibility index (Phi) is 8.55. The molecular formula is C21H33IN2O6. The predicted octanol–water partition coefficient (Wildman–Crippen LogP) is 4.56. The second kappa shape index (κ2) is 10.3. The van der Waals surface area contributed by atoms with Crippen LogP contribution in [-0.4, -0.2) is 51.1 Å². The molecule has 1 aliphatic rings. The van der Waals surface area contributed by atoms with E-state index in [2.05, 4.69) is 41.6 Å². The molecular weight excluding hydrogens is 503 g/mol. The number of aliphatic hydroxyl groups is 1. The first-order valence-corrected chi connectivity index (χ1v) is 11.5. The smallest absolute Gasteiger partial charge is 0.411 e. The fourth-order valence-corrected chi connectivity index (χ4v) is 4.90. The summed E-state index contributed by atoms with van der Waals surface area (Å²) in [5.41, 5.74) is -0.309. The zero-order valence-electron chi connectivity index (χ0n) is 18.4. The number of hydrogen-bond donors (Lipinski definition) is 2. The molecule has 0 saturated heterocycles. The fourth-order valence-electron chi connectivity index (χ4n) is 3.91. The molecule has 2 rings (SSSR count). The van der Waals surface area contributed by atoms with E-state index in [-0.39, 0.29) is 18.9 Å². The number of ether oxygens (including phenoxy) is 1. The molecule has 30 heavy (non-hydrogen) atoms. The summed E-state index contributed by atoms with van der Waals surface area (Å²) in [5.74, 6) is 1.24. The summed E-state index contributed by atoms with van der Waals surface area (Å²) in [5, 5.41) is 23.1. The molecule has 1 atom stereocenters. The van der Waals surface area contributed by atoms with Gasteiger partial charge in [-0.25, -0.2) is 4.79 Å². The molecule has 9 heteroatoms. The van der Waals surface area contributed by atoms with E-state index < -0.39 is 30.3 Å². The van der Waals surface area contributed by atoms with Gasteiger partial charge in [0.1, 0.15) is 17.8 Å². The van der Waals surface area contributed by atoms with Crippen molar-refractivity contribution in [1.82, 2.24) is 10.1 Å². The summed E-state index contributed by atoms with van der Waals surface area (Å²) in [6.45, 7) is 8.79. The van der Waals surface area contributed by atoms with Gasteiger partial charge in [0.25, 0.3) is 0 Å². The highest BCUT2D eigenvalue weighted by atomic mass is 127. The van der Waals surface area contributed by atoms with Crippen molar-refractivity contribution < 1.29 is 29.1 Å². The van der Waals surface area contributed by atoms with Gasteiger partial charge in [-0.3, -0.25) is 9.69 Å². The molecule has 1 aliphatic carbocycles. The van der Waals surface area contributed by atoms with Crippen LogP contribution in [0.2, 0.25) is 0 Å². The summed E-state index contributed by atoms with van der Waals surface area (Å²) >= 11 is 2.15. The summed E-state index contributed by atoms with van der Waals surface area (Å²) in [6.07, 6.45) is 2.64. The van der Waals surface area contributed by atoms with E-state index in [9.17, 15) is 19.8 Å². The molecule has 1 aromatic rings. The van der Waals surface area contributed by atoms with E-state index in [1.54, 1.807) is 20.8 Å². The minimum Gasteiger partial charge on any atom is -0.480 e. The maximum atomic E-state index is 12.7. The quantitative estimate of drug-likeness (QED) is 0.445. The largest absolute Gasteiger partial charge is 0.480 e. The number of amides is 1. The Labute approximate surface area is 191 Å². The molecule has 1 saturated carbocycles. The molecule has 1 amide bonds. The third-order valence-electron chi connectivity index (χ3n) is 5.12. The van der Waals surface area contributed by atoms with E-state index in [1.807, 2.05) is 0 Å². The third kappa shape index (κ3) is 6.57. The van der Waals surface area contributed by atoms with Crippen molar-refractivity contribution in [2.75, 3.05) is 13.2 Å². The van der Waals surface area contributed by atoms with Gasteiger partial charge in [-0.05, 0) is 80.9 Å². The van der Waals surface area contributed by atoms with Crippen molar-refractivity contribution >= 4 is 34.7 Å². The van der Waals surface area contributed by atoms with Crippen molar-refractivity contribution in [2.45, 2.75) is 77.9 Å². The van der Waals surface area contributed by atoms with E-state index in [0.717, 1.165) is 27.1 Å². The third-order valence-corrected chi connectivity index (χ3v) is 6.21. The molecule has 1 fully saturated rings. The standard InChI is InChI=1S/C21H33IN2O6/c1-12(2)8-13-9-14(10-13)19-17(22)18(23-30-19)15(6-7-25)24(11-16(26)27)20(28)29-21(3,4)5/h12-15,25H,6-11H2,1-5H3,(H,26,27). The van der Waals surface area contributed by atoms with Crippen molar-refractivity contribution in [3.05, 3.63) is 15.0 Å². The molecule has 170 valence electrons. The maximum Gasteiger partial charge on any atom is 0.411 e. The highest BCUT2D eigenvalue weighted by Crippen LogP contribution is 2.47. The zero-order chi connectivity index (χ0) is 22.6. The molecule has 0 aromatic carbocycles. The van der Waals surface area contributed by atoms with Crippen LogP contribution < -0.4 is 0 Å². The number of carboxylic acid groups (broad SMARTS) is 1. The van der Waals surface area contributed by atoms with Crippen molar-refractivity contribution in [1.29, 1.82) is 0 Å². The van der Waals surface area contributed by atoms with Gasteiger partial charge in [-0.15, -0.1) is 0 Å². The highest BCUT2D eigenvalue weighted by molar-refractivity contribution is 14.1. The van der Waals surface area contributed by atoms with Gasteiger partial charge >= 0.3 is 12.1 Å². The molecule has 0 spiro atoms. The Morgan fingerprint density at radius 3 is 2.47 bits per heavy atom. The van der Waals surface area contributed by atoms with Gasteiger partial charge in [0.15, 0.2) is 5.76 Å². The number of rotatable bonds is 9. The number of halogens is 1. The lowest BCUT2D eigenvalue weighted by Crippen LogP contribution is -2.42. The molecule has 1 unspecified atom stereocenters. The number of carbonyl (C=O) groups excluding carboxylic acids is 1. The van der Waals surface area contributed by atoms with Crippen LogP contribution in [0.1, 0.15) is 83.7 Å². The summed E-state index contributed by atoms with van der Waals surface area (Å²) in [4.78, 5) is 25.3. The number of aliphatic carboxylic acids is 1. The molecule has 1 heterocycles. The van der Waals surface area contributed by atoms with Crippen LogP contribution in [0.3, 0.4) is 0 Å². The lowest BCUT2D eigenvalue weighted by atomic mass is 9.70. The molecule has 0 bridgehead atoms. The van der Waals surface area contributed by atoms with Gasteiger partial charge < -0.3 is 19.5 Å². The van der Waals surface area contributed by atoms with E-state index in [0.29, 0.717) is 17.5 Å². The van der Waals surface area contributed by atoms with E-state index in [4.69, 9.17) is 9.26 Å². The van der Waals surface area contributed by atoms with E-state index in [1.165, 1.54) is 6.42 Å². The SMILES string of the molecule is CC(C)CC1CC(c2onc(C(CCO)N(CC(=O)O)C(=O)OC(C)(C)C)c2I)C1.